The Kier molecular flexibility index (Phi) is 4.46. The largest absolute Gasteiger partial charge is 0.497 e. The Labute approximate surface area is 121 Å². The molecule has 0 amide bonds. The number of benzene rings is 1. The molecule has 1 fully saturated rings. The van der Waals surface area contributed by atoms with Gasteiger partial charge in [-0.1, -0.05) is 15.9 Å². The first kappa shape index (κ1) is 14.3. The molecule has 4 nitrogen and oxygen atoms in total. The van der Waals surface area contributed by atoms with E-state index >= 15 is 0 Å². The summed E-state index contributed by atoms with van der Waals surface area (Å²) in [6.07, 6.45) is 0.517. The molecule has 1 aliphatic rings. The van der Waals surface area contributed by atoms with Crippen LogP contribution in [0.1, 0.15) is 24.5 Å². The van der Waals surface area contributed by atoms with Crippen molar-refractivity contribution in [1.29, 1.82) is 5.26 Å². The molecule has 1 N–H and O–H groups in total. The van der Waals surface area contributed by atoms with E-state index in [0.29, 0.717) is 24.3 Å². The van der Waals surface area contributed by atoms with Crippen molar-refractivity contribution in [3.05, 3.63) is 28.2 Å². The molecule has 19 heavy (non-hydrogen) atoms. The summed E-state index contributed by atoms with van der Waals surface area (Å²) in [6, 6.07) is 7.61. The van der Waals surface area contributed by atoms with Crippen LogP contribution in [-0.2, 0) is 4.74 Å². The van der Waals surface area contributed by atoms with Gasteiger partial charge in [0.1, 0.15) is 17.3 Å². The molecule has 0 aliphatic carbocycles. The number of methoxy groups -OCH3 is 1. The molecule has 5 heteroatoms. The standard InChI is InChI=1S/C14H16BrNO3/c1-18-10-3-4-12(15)11(7-10)13(17)14(8-16)5-2-6-19-9-14/h3-4,7,13,17H,2,5-6,9H2,1H3. The molecule has 1 heterocycles. The molecule has 2 rings (SSSR count). The first-order valence-corrected chi connectivity index (χ1v) is 6.93. The molecule has 2 unspecified atom stereocenters. The fraction of sp³-hybridized carbons (Fsp3) is 0.500. The molecule has 0 saturated carbocycles. The van der Waals surface area contributed by atoms with Gasteiger partial charge in [-0.15, -0.1) is 0 Å². The zero-order valence-electron chi connectivity index (χ0n) is 10.7. The number of aliphatic hydroxyl groups is 1. The Morgan fingerprint density at radius 2 is 2.37 bits per heavy atom. The number of nitrogens with zero attached hydrogens (tertiary/aromatic N) is 1. The van der Waals surface area contributed by atoms with Crippen LogP contribution in [0, 0.1) is 16.7 Å². The lowest BCUT2D eigenvalue weighted by atomic mass is 9.76. The Hall–Kier alpha value is -1.09. The van der Waals surface area contributed by atoms with Crippen LogP contribution >= 0.6 is 15.9 Å². The highest BCUT2D eigenvalue weighted by Gasteiger charge is 2.42. The lowest BCUT2D eigenvalue weighted by molar-refractivity contribution is -0.0508. The number of aliphatic hydroxyl groups excluding tert-OH is 1. The summed E-state index contributed by atoms with van der Waals surface area (Å²) in [4.78, 5) is 0. The predicted molar refractivity (Wildman–Crippen MR) is 73.8 cm³/mol. The molecular weight excluding hydrogens is 310 g/mol. The van der Waals surface area contributed by atoms with Crippen molar-refractivity contribution in [3.8, 4) is 11.8 Å². The fourth-order valence-corrected chi connectivity index (χ4v) is 2.80. The van der Waals surface area contributed by atoms with Gasteiger partial charge in [-0.05, 0) is 31.0 Å². The van der Waals surface area contributed by atoms with Crippen LogP contribution in [-0.4, -0.2) is 25.4 Å². The number of hydrogen-bond donors (Lipinski definition) is 1. The third-order valence-electron chi connectivity index (χ3n) is 3.52. The maximum absolute atomic E-state index is 10.6. The normalized spacial score (nSPS) is 24.5. The summed E-state index contributed by atoms with van der Waals surface area (Å²) in [5.74, 6) is 0.655. The molecule has 0 radical (unpaired) electrons. The quantitative estimate of drug-likeness (QED) is 0.928. The fourth-order valence-electron chi connectivity index (χ4n) is 2.34. The first-order valence-electron chi connectivity index (χ1n) is 6.13. The van der Waals surface area contributed by atoms with E-state index in [2.05, 4.69) is 22.0 Å². The number of rotatable bonds is 3. The van der Waals surface area contributed by atoms with E-state index in [0.717, 1.165) is 10.9 Å². The van der Waals surface area contributed by atoms with Gasteiger partial charge in [0.15, 0.2) is 0 Å². The third-order valence-corrected chi connectivity index (χ3v) is 4.24. The lowest BCUT2D eigenvalue weighted by Gasteiger charge is -2.35. The monoisotopic (exact) mass is 325 g/mol. The van der Waals surface area contributed by atoms with Crippen molar-refractivity contribution < 1.29 is 14.6 Å². The molecule has 1 aromatic carbocycles. The Morgan fingerprint density at radius 3 is 2.95 bits per heavy atom. The van der Waals surface area contributed by atoms with Gasteiger partial charge < -0.3 is 14.6 Å². The van der Waals surface area contributed by atoms with Crippen LogP contribution in [0.3, 0.4) is 0 Å². The van der Waals surface area contributed by atoms with E-state index in [9.17, 15) is 10.4 Å². The van der Waals surface area contributed by atoms with E-state index in [-0.39, 0.29) is 6.61 Å². The molecule has 0 bridgehead atoms. The van der Waals surface area contributed by atoms with E-state index in [1.165, 1.54) is 0 Å². The molecule has 0 spiro atoms. The van der Waals surface area contributed by atoms with Gasteiger partial charge in [0.2, 0.25) is 0 Å². The zero-order valence-corrected chi connectivity index (χ0v) is 12.3. The van der Waals surface area contributed by atoms with Crippen molar-refractivity contribution in [1.82, 2.24) is 0 Å². The Balaban J connectivity index is 2.37. The Morgan fingerprint density at radius 1 is 1.58 bits per heavy atom. The third kappa shape index (κ3) is 2.76. The van der Waals surface area contributed by atoms with Gasteiger partial charge >= 0.3 is 0 Å². The highest BCUT2D eigenvalue weighted by molar-refractivity contribution is 9.10. The van der Waals surface area contributed by atoms with Gasteiger partial charge in [-0.2, -0.15) is 5.26 Å². The second-order valence-electron chi connectivity index (χ2n) is 4.71. The highest BCUT2D eigenvalue weighted by atomic mass is 79.9. The average Bonchev–Trinajstić information content (AvgIpc) is 2.47. The van der Waals surface area contributed by atoms with Crippen molar-refractivity contribution in [3.63, 3.8) is 0 Å². The molecule has 0 aromatic heterocycles. The predicted octanol–water partition coefficient (Wildman–Crippen LogP) is 2.81. The van der Waals surface area contributed by atoms with Crippen LogP contribution < -0.4 is 4.74 Å². The lowest BCUT2D eigenvalue weighted by Crippen LogP contribution is -2.36. The van der Waals surface area contributed by atoms with E-state index in [4.69, 9.17) is 9.47 Å². The van der Waals surface area contributed by atoms with Gasteiger partial charge in [-0.25, -0.2) is 0 Å². The van der Waals surface area contributed by atoms with Gasteiger partial charge in [0, 0.05) is 16.6 Å². The van der Waals surface area contributed by atoms with Crippen LogP contribution in [0.15, 0.2) is 22.7 Å². The number of hydrogen-bond acceptors (Lipinski definition) is 4. The van der Waals surface area contributed by atoms with Crippen LogP contribution in [0.25, 0.3) is 0 Å². The minimum atomic E-state index is -0.901. The van der Waals surface area contributed by atoms with E-state index in [1.54, 1.807) is 19.2 Å². The van der Waals surface area contributed by atoms with Crippen molar-refractivity contribution >= 4 is 15.9 Å². The maximum Gasteiger partial charge on any atom is 0.119 e. The Bertz CT molecular complexity index is 492. The summed E-state index contributed by atoms with van der Waals surface area (Å²) in [6.45, 7) is 0.906. The summed E-state index contributed by atoms with van der Waals surface area (Å²) >= 11 is 3.41. The van der Waals surface area contributed by atoms with Crippen LogP contribution in [0.2, 0.25) is 0 Å². The SMILES string of the molecule is COc1ccc(Br)c(C(O)C2(C#N)CCCOC2)c1. The maximum atomic E-state index is 10.6. The highest BCUT2D eigenvalue weighted by Crippen LogP contribution is 2.43. The van der Waals surface area contributed by atoms with Gasteiger partial charge in [-0.3, -0.25) is 0 Å². The second-order valence-corrected chi connectivity index (χ2v) is 5.57. The van der Waals surface area contributed by atoms with Gasteiger partial charge in [0.05, 0.1) is 19.8 Å². The molecule has 1 saturated heterocycles. The van der Waals surface area contributed by atoms with Crippen LogP contribution in [0.5, 0.6) is 5.75 Å². The molecule has 2 atom stereocenters. The summed E-state index contributed by atoms with van der Waals surface area (Å²) in [7, 11) is 1.57. The second kappa shape index (κ2) is 5.91. The number of nitriles is 1. The van der Waals surface area contributed by atoms with Crippen molar-refractivity contribution in [2.24, 2.45) is 5.41 Å². The molecule has 1 aliphatic heterocycles. The number of halogens is 1. The van der Waals surface area contributed by atoms with E-state index < -0.39 is 11.5 Å². The van der Waals surface area contributed by atoms with Crippen molar-refractivity contribution in [2.75, 3.05) is 20.3 Å². The van der Waals surface area contributed by atoms with Crippen molar-refractivity contribution in [2.45, 2.75) is 18.9 Å². The minimum absolute atomic E-state index is 0.258. The zero-order chi connectivity index (χ0) is 13.9. The first-order chi connectivity index (χ1) is 9.13. The molecular formula is C14H16BrNO3. The summed E-state index contributed by atoms with van der Waals surface area (Å²) in [5, 5.41) is 20.1. The molecule has 1 aromatic rings. The van der Waals surface area contributed by atoms with Crippen LogP contribution in [0.4, 0.5) is 0 Å². The minimum Gasteiger partial charge on any atom is -0.497 e. The summed E-state index contributed by atoms with van der Waals surface area (Å²) in [5.41, 5.74) is -0.223. The summed E-state index contributed by atoms with van der Waals surface area (Å²) < 4.78 is 11.3. The van der Waals surface area contributed by atoms with Gasteiger partial charge in [0.25, 0.3) is 0 Å². The topological polar surface area (TPSA) is 62.5 Å². The molecule has 102 valence electrons. The van der Waals surface area contributed by atoms with E-state index in [1.807, 2.05) is 6.07 Å². The number of ether oxygens (including phenoxy) is 2. The average molecular weight is 326 g/mol. The smallest absolute Gasteiger partial charge is 0.119 e.